The lowest BCUT2D eigenvalue weighted by atomic mass is 10.1. The van der Waals surface area contributed by atoms with Crippen molar-refractivity contribution in [2.45, 2.75) is 38.6 Å². The van der Waals surface area contributed by atoms with Crippen LogP contribution in [0.2, 0.25) is 5.02 Å². The van der Waals surface area contributed by atoms with Crippen LogP contribution in [0.25, 0.3) is 0 Å². The molecule has 0 aromatic heterocycles. The van der Waals surface area contributed by atoms with Gasteiger partial charge in [-0.3, -0.25) is 4.79 Å². The second-order valence-electron chi connectivity index (χ2n) is 5.58. The van der Waals surface area contributed by atoms with Crippen LogP contribution in [-0.4, -0.2) is 11.9 Å². The van der Waals surface area contributed by atoms with Gasteiger partial charge in [-0.05, 0) is 43.4 Å². The van der Waals surface area contributed by atoms with Gasteiger partial charge in [0.25, 0.3) is 0 Å². The zero-order valence-corrected chi connectivity index (χ0v) is 13.6. The van der Waals surface area contributed by atoms with E-state index in [4.69, 9.17) is 11.6 Å². The van der Waals surface area contributed by atoms with Gasteiger partial charge >= 0.3 is 0 Å². The van der Waals surface area contributed by atoms with Crippen LogP contribution in [0, 0.1) is 0 Å². The molecular weight excluding hydrogens is 294 g/mol. The maximum atomic E-state index is 12.0. The molecule has 0 bridgehead atoms. The summed E-state index contributed by atoms with van der Waals surface area (Å²) in [6, 6.07) is 18.2. The van der Waals surface area contributed by atoms with E-state index in [1.54, 1.807) is 0 Å². The summed E-state index contributed by atoms with van der Waals surface area (Å²) in [6.45, 7) is 2.05. The first-order valence-corrected chi connectivity index (χ1v) is 8.09. The monoisotopic (exact) mass is 315 g/mol. The lowest BCUT2D eigenvalue weighted by Gasteiger charge is -2.14. The summed E-state index contributed by atoms with van der Waals surface area (Å²) in [5, 5.41) is 3.79. The van der Waals surface area contributed by atoms with E-state index in [9.17, 15) is 4.79 Å². The van der Waals surface area contributed by atoms with Crippen LogP contribution in [0.5, 0.6) is 0 Å². The second-order valence-corrected chi connectivity index (χ2v) is 5.99. The lowest BCUT2D eigenvalue weighted by Crippen LogP contribution is -2.33. The molecule has 0 fully saturated rings. The third-order valence-corrected chi connectivity index (χ3v) is 4.06. The number of aryl methyl sites for hydroxylation is 2. The fourth-order valence-electron chi connectivity index (χ4n) is 2.40. The van der Waals surface area contributed by atoms with E-state index in [2.05, 4.69) is 24.4 Å². The fourth-order valence-corrected chi connectivity index (χ4v) is 2.63. The van der Waals surface area contributed by atoms with E-state index in [0.717, 1.165) is 23.4 Å². The van der Waals surface area contributed by atoms with Gasteiger partial charge in [-0.2, -0.15) is 0 Å². The van der Waals surface area contributed by atoms with Crippen LogP contribution < -0.4 is 5.32 Å². The molecular formula is C19H22ClNO. The van der Waals surface area contributed by atoms with E-state index < -0.39 is 0 Å². The SMILES string of the molecule is C[C@H](CCc1ccccc1)NC(=O)CCc1ccccc1Cl. The number of nitrogens with one attached hydrogen (secondary N) is 1. The molecule has 1 amide bonds. The predicted octanol–water partition coefficient (Wildman–Crippen LogP) is 4.41. The molecule has 1 atom stereocenters. The Balaban J connectivity index is 1.71. The van der Waals surface area contributed by atoms with Gasteiger partial charge in [-0.1, -0.05) is 60.1 Å². The van der Waals surface area contributed by atoms with Crippen molar-refractivity contribution < 1.29 is 4.79 Å². The lowest BCUT2D eigenvalue weighted by molar-refractivity contribution is -0.121. The zero-order valence-electron chi connectivity index (χ0n) is 12.9. The van der Waals surface area contributed by atoms with Crippen LogP contribution in [0.4, 0.5) is 0 Å². The third-order valence-electron chi connectivity index (χ3n) is 3.70. The molecule has 2 nitrogen and oxygen atoms in total. The molecule has 0 unspecified atom stereocenters. The van der Waals surface area contributed by atoms with Crippen molar-refractivity contribution in [3.63, 3.8) is 0 Å². The first-order chi connectivity index (χ1) is 10.6. The molecule has 116 valence electrons. The van der Waals surface area contributed by atoms with Crippen molar-refractivity contribution in [3.05, 3.63) is 70.7 Å². The number of benzene rings is 2. The summed E-state index contributed by atoms with van der Waals surface area (Å²) in [6.07, 6.45) is 3.07. The summed E-state index contributed by atoms with van der Waals surface area (Å²) in [5.41, 5.74) is 2.33. The third kappa shape index (κ3) is 5.53. The Hall–Kier alpha value is -1.80. The van der Waals surface area contributed by atoms with E-state index in [1.807, 2.05) is 42.5 Å². The molecule has 1 N–H and O–H groups in total. The Morgan fingerprint density at radius 1 is 1.05 bits per heavy atom. The van der Waals surface area contributed by atoms with E-state index in [-0.39, 0.29) is 11.9 Å². The maximum absolute atomic E-state index is 12.0. The number of hydrogen-bond donors (Lipinski definition) is 1. The first kappa shape index (κ1) is 16.6. The van der Waals surface area contributed by atoms with Gasteiger partial charge < -0.3 is 5.32 Å². The largest absolute Gasteiger partial charge is 0.354 e. The summed E-state index contributed by atoms with van der Waals surface area (Å²) in [4.78, 5) is 12.0. The Labute approximate surface area is 137 Å². The van der Waals surface area contributed by atoms with Crippen molar-refractivity contribution in [2.24, 2.45) is 0 Å². The number of hydrogen-bond acceptors (Lipinski definition) is 1. The molecule has 0 aliphatic heterocycles. The van der Waals surface area contributed by atoms with Crippen LogP contribution in [-0.2, 0) is 17.6 Å². The van der Waals surface area contributed by atoms with Gasteiger partial charge in [-0.25, -0.2) is 0 Å². The number of amides is 1. The molecule has 3 heteroatoms. The maximum Gasteiger partial charge on any atom is 0.220 e. The van der Waals surface area contributed by atoms with Gasteiger partial charge in [-0.15, -0.1) is 0 Å². The Morgan fingerprint density at radius 2 is 1.73 bits per heavy atom. The Kier molecular flexibility index (Phi) is 6.47. The molecule has 0 heterocycles. The predicted molar refractivity (Wildman–Crippen MR) is 92.1 cm³/mol. The zero-order chi connectivity index (χ0) is 15.8. The molecule has 0 aliphatic carbocycles. The Morgan fingerprint density at radius 3 is 2.45 bits per heavy atom. The molecule has 2 aromatic rings. The standard InChI is InChI=1S/C19H22ClNO/c1-15(11-12-16-7-3-2-4-8-16)21-19(22)14-13-17-9-5-6-10-18(17)20/h2-10,15H,11-14H2,1H3,(H,21,22)/t15-/m1/s1. The minimum absolute atomic E-state index is 0.0838. The quantitative estimate of drug-likeness (QED) is 0.805. The normalized spacial score (nSPS) is 11.9. The van der Waals surface area contributed by atoms with Crippen molar-refractivity contribution in [3.8, 4) is 0 Å². The number of carbonyl (C=O) groups is 1. The molecule has 0 radical (unpaired) electrons. The van der Waals surface area contributed by atoms with Gasteiger partial charge in [0.05, 0.1) is 0 Å². The van der Waals surface area contributed by atoms with Crippen LogP contribution in [0.3, 0.4) is 0 Å². The minimum Gasteiger partial charge on any atom is -0.354 e. The van der Waals surface area contributed by atoms with Crippen LogP contribution >= 0.6 is 11.6 Å². The molecule has 2 rings (SSSR count). The van der Waals surface area contributed by atoms with Crippen molar-refractivity contribution in [1.29, 1.82) is 0 Å². The van der Waals surface area contributed by atoms with Crippen molar-refractivity contribution in [2.75, 3.05) is 0 Å². The highest BCUT2D eigenvalue weighted by Gasteiger charge is 2.09. The smallest absolute Gasteiger partial charge is 0.220 e. The van der Waals surface area contributed by atoms with Crippen LogP contribution in [0.1, 0.15) is 30.9 Å². The summed E-state index contributed by atoms with van der Waals surface area (Å²) in [7, 11) is 0. The average molecular weight is 316 g/mol. The first-order valence-electron chi connectivity index (χ1n) is 7.72. The number of halogens is 1. The van der Waals surface area contributed by atoms with E-state index in [1.165, 1.54) is 5.56 Å². The molecule has 2 aromatic carbocycles. The molecule has 0 saturated heterocycles. The summed E-state index contributed by atoms with van der Waals surface area (Å²) in [5.74, 6) is 0.0838. The molecule has 22 heavy (non-hydrogen) atoms. The molecule has 0 saturated carbocycles. The fraction of sp³-hybridized carbons (Fsp3) is 0.316. The van der Waals surface area contributed by atoms with Crippen molar-refractivity contribution >= 4 is 17.5 Å². The van der Waals surface area contributed by atoms with E-state index in [0.29, 0.717) is 12.8 Å². The highest BCUT2D eigenvalue weighted by molar-refractivity contribution is 6.31. The summed E-state index contributed by atoms with van der Waals surface area (Å²) >= 11 is 6.10. The van der Waals surface area contributed by atoms with Gasteiger partial charge in [0.2, 0.25) is 5.91 Å². The highest BCUT2D eigenvalue weighted by atomic mass is 35.5. The topological polar surface area (TPSA) is 29.1 Å². The minimum atomic E-state index is 0.0838. The van der Waals surface area contributed by atoms with Gasteiger partial charge in [0.1, 0.15) is 0 Å². The number of rotatable bonds is 7. The van der Waals surface area contributed by atoms with Crippen LogP contribution in [0.15, 0.2) is 54.6 Å². The Bertz CT molecular complexity index is 597. The molecule has 0 aliphatic rings. The average Bonchev–Trinajstić information content (AvgIpc) is 2.53. The second kappa shape index (κ2) is 8.60. The number of carbonyl (C=O) groups excluding carboxylic acids is 1. The highest BCUT2D eigenvalue weighted by Crippen LogP contribution is 2.16. The molecule has 0 spiro atoms. The van der Waals surface area contributed by atoms with Gasteiger partial charge in [0.15, 0.2) is 0 Å². The van der Waals surface area contributed by atoms with E-state index >= 15 is 0 Å². The summed E-state index contributed by atoms with van der Waals surface area (Å²) < 4.78 is 0. The van der Waals surface area contributed by atoms with Crippen molar-refractivity contribution in [1.82, 2.24) is 5.32 Å². The van der Waals surface area contributed by atoms with Gasteiger partial charge in [0, 0.05) is 17.5 Å².